The van der Waals surface area contributed by atoms with Crippen LogP contribution < -0.4 is 4.74 Å². The zero-order valence-electron chi connectivity index (χ0n) is 15.1. The summed E-state index contributed by atoms with van der Waals surface area (Å²) >= 11 is 5.88. The second kappa shape index (κ2) is 8.28. The predicted octanol–water partition coefficient (Wildman–Crippen LogP) is 6.08. The molecule has 5 heteroatoms. The molecule has 28 heavy (non-hydrogen) atoms. The van der Waals surface area contributed by atoms with Crippen LogP contribution >= 0.6 is 11.6 Å². The molecule has 140 valence electrons. The van der Waals surface area contributed by atoms with Gasteiger partial charge in [0, 0.05) is 23.1 Å². The van der Waals surface area contributed by atoms with Crippen molar-refractivity contribution in [1.29, 1.82) is 0 Å². The van der Waals surface area contributed by atoms with E-state index in [0.29, 0.717) is 35.1 Å². The summed E-state index contributed by atoms with van der Waals surface area (Å²) in [5, 5.41) is 0.710. The van der Waals surface area contributed by atoms with Crippen LogP contribution in [-0.2, 0) is 11.2 Å². The number of carbonyl (C=O) groups is 1. The third-order valence-corrected chi connectivity index (χ3v) is 4.62. The highest BCUT2D eigenvalue weighted by Crippen LogP contribution is 2.27. The molecule has 1 aromatic heterocycles. The number of halogens is 1. The molecule has 0 unspecified atom stereocenters. The second-order valence-electron chi connectivity index (χ2n) is 6.47. The minimum atomic E-state index is -0.267. The molecule has 3 aromatic carbocycles. The van der Waals surface area contributed by atoms with Gasteiger partial charge in [-0.05, 0) is 54.8 Å². The monoisotopic (exact) mass is 391 g/mol. The third kappa shape index (κ3) is 4.41. The van der Waals surface area contributed by atoms with Gasteiger partial charge in [0.05, 0.1) is 0 Å². The van der Waals surface area contributed by atoms with Crippen LogP contribution in [0, 0.1) is 0 Å². The lowest BCUT2D eigenvalue weighted by atomic mass is 10.1. The van der Waals surface area contributed by atoms with E-state index >= 15 is 0 Å². The Morgan fingerprint density at radius 1 is 1.00 bits per heavy atom. The minimum Gasteiger partial charge on any atom is -0.436 e. The maximum Gasteiger partial charge on any atom is 0.311 e. The summed E-state index contributed by atoms with van der Waals surface area (Å²) in [7, 11) is 0. The quantitative estimate of drug-likeness (QED) is 0.295. The Morgan fingerprint density at radius 2 is 1.79 bits per heavy atom. The average molecular weight is 392 g/mol. The first-order valence-corrected chi connectivity index (χ1v) is 9.46. The summed E-state index contributed by atoms with van der Waals surface area (Å²) in [4.78, 5) is 16.6. The number of benzene rings is 3. The van der Waals surface area contributed by atoms with E-state index in [1.165, 1.54) is 0 Å². The number of oxazole rings is 1. The van der Waals surface area contributed by atoms with Crippen LogP contribution in [0.3, 0.4) is 0 Å². The van der Waals surface area contributed by atoms with E-state index < -0.39 is 0 Å². The molecule has 0 amide bonds. The average Bonchev–Trinajstić information content (AvgIpc) is 3.14. The molecule has 0 spiro atoms. The lowest BCUT2D eigenvalue weighted by Crippen LogP contribution is -2.08. The molecular weight excluding hydrogens is 374 g/mol. The summed E-state index contributed by atoms with van der Waals surface area (Å²) in [6.45, 7) is 0. The molecule has 4 aromatic rings. The number of rotatable bonds is 6. The maximum atomic E-state index is 12.1. The number of hydrogen-bond donors (Lipinski definition) is 0. The van der Waals surface area contributed by atoms with Crippen molar-refractivity contribution in [3.05, 3.63) is 83.4 Å². The molecule has 0 atom stereocenters. The van der Waals surface area contributed by atoms with Crippen molar-refractivity contribution in [2.45, 2.75) is 19.3 Å². The molecule has 0 saturated carbocycles. The van der Waals surface area contributed by atoms with E-state index in [4.69, 9.17) is 20.8 Å². The smallest absolute Gasteiger partial charge is 0.311 e. The van der Waals surface area contributed by atoms with Crippen molar-refractivity contribution >= 4 is 28.7 Å². The number of hydrogen-bond acceptors (Lipinski definition) is 4. The number of aryl methyl sites for hydroxylation is 1. The molecule has 1 heterocycles. The molecule has 0 aliphatic heterocycles. The lowest BCUT2D eigenvalue weighted by molar-refractivity contribution is -0.134. The molecular formula is C23H18ClNO3. The molecule has 4 rings (SSSR count). The Morgan fingerprint density at radius 3 is 2.57 bits per heavy atom. The van der Waals surface area contributed by atoms with Crippen molar-refractivity contribution < 1.29 is 13.9 Å². The predicted molar refractivity (Wildman–Crippen MR) is 109 cm³/mol. The van der Waals surface area contributed by atoms with Crippen LogP contribution in [0.4, 0.5) is 0 Å². The number of carbonyl (C=O) groups excluding carboxylic acids is 1. The first-order valence-electron chi connectivity index (χ1n) is 9.08. The Hall–Kier alpha value is -3.11. The van der Waals surface area contributed by atoms with Crippen molar-refractivity contribution in [3.8, 4) is 17.2 Å². The maximum absolute atomic E-state index is 12.1. The molecule has 0 aliphatic carbocycles. The Labute approximate surface area is 167 Å². The van der Waals surface area contributed by atoms with Gasteiger partial charge in [-0.2, -0.15) is 0 Å². The molecule has 0 aliphatic rings. The first-order chi connectivity index (χ1) is 13.7. The number of fused-ring (bicyclic) bond motifs is 1. The van der Waals surface area contributed by atoms with Gasteiger partial charge in [0.25, 0.3) is 0 Å². The van der Waals surface area contributed by atoms with Gasteiger partial charge in [-0.3, -0.25) is 4.79 Å². The Kier molecular flexibility index (Phi) is 5.40. The van der Waals surface area contributed by atoms with Gasteiger partial charge in [0.1, 0.15) is 11.3 Å². The number of nitrogens with zero attached hydrogens (tertiary/aromatic N) is 1. The van der Waals surface area contributed by atoms with E-state index in [2.05, 4.69) is 4.98 Å². The zero-order chi connectivity index (χ0) is 19.3. The molecule has 4 nitrogen and oxygen atoms in total. The topological polar surface area (TPSA) is 52.3 Å². The molecule has 0 bridgehead atoms. The van der Waals surface area contributed by atoms with Crippen molar-refractivity contribution in [2.75, 3.05) is 0 Å². The van der Waals surface area contributed by atoms with Gasteiger partial charge < -0.3 is 9.15 Å². The minimum absolute atomic E-state index is 0.267. The lowest BCUT2D eigenvalue weighted by Gasteiger charge is -2.04. The zero-order valence-corrected chi connectivity index (χ0v) is 15.9. The van der Waals surface area contributed by atoms with E-state index in [1.54, 1.807) is 18.2 Å². The van der Waals surface area contributed by atoms with Gasteiger partial charge in [-0.15, -0.1) is 0 Å². The van der Waals surface area contributed by atoms with Crippen molar-refractivity contribution in [3.63, 3.8) is 0 Å². The van der Waals surface area contributed by atoms with Crippen LogP contribution in [0.5, 0.6) is 5.75 Å². The molecule has 0 fully saturated rings. The highest BCUT2D eigenvalue weighted by atomic mass is 35.5. The fraction of sp³-hybridized carbons (Fsp3) is 0.130. The van der Waals surface area contributed by atoms with Crippen molar-refractivity contribution in [2.24, 2.45) is 0 Å². The normalized spacial score (nSPS) is 10.9. The summed E-state index contributed by atoms with van der Waals surface area (Å²) < 4.78 is 11.3. The van der Waals surface area contributed by atoms with E-state index in [1.807, 2.05) is 54.6 Å². The largest absolute Gasteiger partial charge is 0.436 e. The standard InChI is InChI=1S/C23H18ClNO3/c24-18-11-9-16(10-12-18)5-4-8-22(26)27-19-13-14-20-21(15-19)28-23(25-20)17-6-2-1-3-7-17/h1-3,6-7,9-15H,4-5,8H2. The van der Waals surface area contributed by atoms with Gasteiger partial charge in [-0.25, -0.2) is 4.98 Å². The number of esters is 1. The van der Waals surface area contributed by atoms with Gasteiger partial charge >= 0.3 is 5.97 Å². The van der Waals surface area contributed by atoms with Crippen LogP contribution in [0.25, 0.3) is 22.6 Å². The first kappa shape index (κ1) is 18.3. The van der Waals surface area contributed by atoms with Crippen LogP contribution in [0.15, 0.2) is 77.2 Å². The Balaban J connectivity index is 1.37. The van der Waals surface area contributed by atoms with Crippen LogP contribution in [0.1, 0.15) is 18.4 Å². The fourth-order valence-corrected chi connectivity index (χ4v) is 3.07. The summed E-state index contributed by atoms with van der Waals surface area (Å²) in [5.74, 6) is 0.734. The SMILES string of the molecule is O=C(CCCc1ccc(Cl)cc1)Oc1ccc2nc(-c3ccccc3)oc2c1. The Bertz CT molecular complexity index is 1090. The van der Waals surface area contributed by atoms with E-state index in [0.717, 1.165) is 23.1 Å². The van der Waals surface area contributed by atoms with Gasteiger partial charge in [0.2, 0.25) is 5.89 Å². The second-order valence-corrected chi connectivity index (χ2v) is 6.91. The highest BCUT2D eigenvalue weighted by molar-refractivity contribution is 6.30. The third-order valence-electron chi connectivity index (χ3n) is 4.37. The fourth-order valence-electron chi connectivity index (χ4n) is 2.94. The van der Waals surface area contributed by atoms with Crippen molar-refractivity contribution in [1.82, 2.24) is 4.98 Å². The van der Waals surface area contributed by atoms with Gasteiger partial charge in [0.15, 0.2) is 5.58 Å². The summed E-state index contributed by atoms with van der Waals surface area (Å²) in [6, 6.07) is 22.5. The number of aromatic nitrogens is 1. The van der Waals surface area contributed by atoms with Gasteiger partial charge in [-0.1, -0.05) is 41.9 Å². The van der Waals surface area contributed by atoms with E-state index in [-0.39, 0.29) is 5.97 Å². The number of ether oxygens (including phenoxy) is 1. The van der Waals surface area contributed by atoms with E-state index in [9.17, 15) is 4.79 Å². The molecule has 0 saturated heterocycles. The van der Waals surface area contributed by atoms with Crippen LogP contribution in [-0.4, -0.2) is 11.0 Å². The summed E-state index contributed by atoms with van der Waals surface area (Å²) in [5.41, 5.74) is 3.36. The highest BCUT2D eigenvalue weighted by Gasteiger charge is 2.11. The molecule has 0 radical (unpaired) electrons. The summed E-state index contributed by atoms with van der Waals surface area (Å²) in [6.07, 6.45) is 1.85. The van der Waals surface area contributed by atoms with Crippen LogP contribution in [0.2, 0.25) is 5.02 Å². The molecule has 0 N–H and O–H groups in total.